The molecule has 18 heterocycles. The highest BCUT2D eigenvalue weighted by Gasteiger charge is 2.47. The lowest BCUT2D eigenvalue weighted by Crippen LogP contribution is -2.40. The molecule has 149 heavy (non-hydrogen) atoms. The summed E-state index contributed by atoms with van der Waals surface area (Å²) in [5, 5.41) is 4.63. The van der Waals surface area contributed by atoms with Crippen LogP contribution in [0.1, 0.15) is 132 Å². The quantitative estimate of drug-likeness (QED) is 0.158. The van der Waals surface area contributed by atoms with E-state index in [-0.39, 0.29) is 49.3 Å². The zero-order valence-corrected chi connectivity index (χ0v) is 90.2. The van der Waals surface area contributed by atoms with Crippen molar-refractivity contribution in [2.75, 3.05) is 115 Å². The summed E-state index contributed by atoms with van der Waals surface area (Å²) in [4.78, 5) is 47.7. The first-order valence-electron chi connectivity index (χ1n) is 53.3. The molecule has 0 bridgehead atoms. The van der Waals surface area contributed by atoms with Crippen molar-refractivity contribution in [1.82, 2.24) is 39.2 Å². The average molecular weight is 1970 g/mol. The average Bonchev–Trinajstić information content (AvgIpc) is 1.71. The van der Waals surface area contributed by atoms with Crippen LogP contribution in [-0.2, 0) is 12.8 Å². The topological polar surface area (TPSA) is 91.1 Å². The number of benzene rings is 11. The van der Waals surface area contributed by atoms with E-state index in [9.17, 15) is 0 Å². The molecule has 13 aromatic rings. The molecule has 16 aliphatic rings. The molecule has 0 unspecified atom stereocenters. The van der Waals surface area contributed by atoms with Gasteiger partial charge in [-0.05, 0) is 260 Å². The number of furan rings is 2. The molecule has 0 fully saturated rings. The Kier molecular flexibility index (Phi) is 22.5. The highest BCUT2D eigenvalue weighted by atomic mass is 16.3. The van der Waals surface area contributed by atoms with Crippen LogP contribution in [0.4, 0.5) is 79.6 Å². The highest BCUT2D eigenvalue weighted by Crippen LogP contribution is 2.61. The zero-order chi connectivity index (χ0) is 103. The van der Waals surface area contributed by atoms with Crippen molar-refractivity contribution in [3.63, 3.8) is 0 Å². The third-order valence-electron chi connectivity index (χ3n) is 35.2. The lowest BCUT2D eigenvalue weighted by atomic mass is 9.82. The van der Waals surface area contributed by atoms with Crippen molar-refractivity contribution in [1.29, 1.82) is 0 Å². The summed E-state index contributed by atoms with van der Waals surface area (Å²) in [6.45, 7) is 34.1. The maximum atomic E-state index is 6.62. The number of allylic oxidation sites excluding steroid dienone is 8. The van der Waals surface area contributed by atoms with Gasteiger partial charge in [-0.2, -0.15) is 0 Å². The van der Waals surface area contributed by atoms with E-state index in [0.717, 1.165) is 68.1 Å². The molecule has 0 amide bonds. The summed E-state index contributed by atoms with van der Waals surface area (Å²) in [5.74, 6) is 0. The van der Waals surface area contributed by atoms with Gasteiger partial charge in [-0.1, -0.05) is 133 Å². The Morgan fingerprint density at radius 2 is 0.631 bits per heavy atom. The Morgan fingerprint density at radius 3 is 1.11 bits per heavy atom. The van der Waals surface area contributed by atoms with E-state index in [1.807, 2.05) is 12.1 Å². The molecular weight excluding hydrogens is 1840 g/mol. The smallest absolute Gasteiger partial charge is 0.159 e. The number of hydrogen-bond donors (Lipinski definition) is 0. The molecule has 10 atom stereocenters. The molecule has 0 saturated carbocycles. The fourth-order valence-corrected chi connectivity index (χ4v) is 26.2. The van der Waals surface area contributed by atoms with Gasteiger partial charge in [0.1, 0.15) is 72.8 Å². The molecule has 756 valence electrons. The van der Waals surface area contributed by atoms with Crippen LogP contribution in [0.25, 0.3) is 77.5 Å². The number of fused-ring (bicyclic) bond motifs is 28. The minimum atomic E-state index is 0.152. The van der Waals surface area contributed by atoms with Crippen LogP contribution in [0, 0.1) is 34.6 Å². The first-order chi connectivity index (χ1) is 72.0. The minimum absolute atomic E-state index is 0.152. The molecule has 0 spiro atoms. The molecule has 0 aliphatic carbocycles. The van der Waals surface area contributed by atoms with Gasteiger partial charge in [-0.3, -0.25) is 0 Å². The Labute approximate surface area is 877 Å². The second-order valence-electron chi connectivity index (χ2n) is 43.1. The van der Waals surface area contributed by atoms with Gasteiger partial charge in [-0.25, -0.2) is 0 Å². The Hall–Kier alpha value is -16.1. The van der Waals surface area contributed by atoms with Gasteiger partial charge < -0.3 is 107 Å². The van der Waals surface area contributed by atoms with Gasteiger partial charge in [-0.15, -0.1) is 0 Å². The van der Waals surface area contributed by atoms with Crippen LogP contribution in [-0.4, -0.2) is 157 Å². The van der Waals surface area contributed by atoms with E-state index >= 15 is 0 Å². The highest BCUT2D eigenvalue weighted by molar-refractivity contribution is 6.16. The predicted molar refractivity (Wildman–Crippen MR) is 620 cm³/mol. The largest absolute Gasteiger partial charge is 0.454 e. The number of hydrogen-bond acceptors (Lipinski definition) is 22. The Morgan fingerprint density at radius 1 is 0.235 bits per heavy atom. The monoisotopic (exact) mass is 1970 g/mol. The lowest BCUT2D eigenvalue weighted by Gasteiger charge is -2.42. The molecule has 29 rings (SSSR count). The normalized spacial score (nSPS) is 22.6. The van der Waals surface area contributed by atoms with Crippen molar-refractivity contribution in [3.8, 4) is 22.3 Å². The van der Waals surface area contributed by atoms with E-state index in [0.29, 0.717) is 12.3 Å². The molecule has 0 radical (unpaired) electrons. The predicted octanol–water partition coefficient (Wildman–Crippen LogP) is 27.5. The van der Waals surface area contributed by atoms with Crippen molar-refractivity contribution in [2.24, 2.45) is 0 Å². The zero-order valence-electron chi connectivity index (χ0n) is 90.2. The van der Waals surface area contributed by atoms with E-state index < -0.39 is 0 Å². The van der Waals surface area contributed by atoms with Gasteiger partial charge in [0, 0.05) is 220 Å². The third kappa shape index (κ3) is 14.3. The number of anilines is 14. The minimum Gasteiger partial charge on any atom is -0.454 e. The maximum absolute atomic E-state index is 6.62. The molecule has 2 aromatic heterocycles. The first kappa shape index (κ1) is 93.9. The van der Waals surface area contributed by atoms with Gasteiger partial charge in [0.05, 0.1) is 79.7 Å². The van der Waals surface area contributed by atoms with Gasteiger partial charge in [0.15, 0.2) is 11.2 Å². The standard InChI is InChI=1S/C31H30N4O.C29H28N4.C23H26N4O.C23H24N4.C21H28N4/c1-19-28(34-20(2)32(4)24-13-7-9-15-26(24)34)18-23-22-12-6-11-17-29(22)36-31(23)30(19)35-21(3)33(5)25-14-8-10-16-27(25)35;1-17-28-24(20-10-6-8-12-22(20)26-15-30(4)18(2)32(26)28)14-25-21-11-7-9-13-23(21)27-16-31(5)19(3)33(27)29(17)25;1-15-20(26-12-10-24(4)16(26)2)14-19-18-8-6-7-9-21(18)28-23(19)22(15)27-13-11-25(5)17(27)3;1-17-22(26-15-20-9-4-6-13-24(20)18(26)2)11-8-12-23(17)27-16-21-10-5-7-14-25(21)19(27)3;1-13-20-16(6-8-18-11-22(4)14(2)24(18)20)10-17-7-9-19-12-23(5)15(3)25(19)21(13)17/h6-18,20-21H,1-5H3;6-16,18-19H,1-5H3;6-14,16-17H,1-5H3;4-16,18-19H,1-3H3;10-12,14-15H,6-9H2,1-5H3/t20-,21+;18-,19+;16-,17+;18-,19+;14-,15+/m1.1../s1. The maximum Gasteiger partial charge on any atom is 0.159 e. The summed E-state index contributed by atoms with van der Waals surface area (Å²) >= 11 is 0. The van der Waals surface area contributed by atoms with Crippen LogP contribution >= 0.6 is 0 Å². The summed E-state index contributed by atoms with van der Waals surface area (Å²) in [5.41, 5.74) is 47.2. The van der Waals surface area contributed by atoms with Crippen molar-refractivity contribution >= 4 is 135 Å². The summed E-state index contributed by atoms with van der Waals surface area (Å²) < 4.78 is 13.0. The van der Waals surface area contributed by atoms with E-state index in [4.69, 9.17) is 8.83 Å². The molecule has 16 aliphatic heterocycles. The SMILES string of the molecule is Cc1c(N2C=C3C=CC=CN3[C@H]2C)cccc1N1C=C2C=CC=CN2[C@@H]1C.Cc1c(N2C=CN(C)[C@H]2C)cc2c(oc3ccccc32)c1N1C=CN(C)[C@@H]1C.Cc1c(N2c3ccccc3N(C)[C@H]2C)cc2c(oc3ccccc32)c1N1c2ccccc2N(C)[C@@H]1C.Cc1c2c(cc3c1N1C(=CN(C)[C@@H]1C)CC3)CCC1=CN(C)[C@@H](C)N12.Cc1c2c(cc3c1N1C(=CN(C)[C@@H]1C)c1ccccc1-3)-c1ccccc1C1=CN(C)[C@@H](C)N12. The van der Waals surface area contributed by atoms with Crippen LogP contribution < -0.4 is 58.8 Å². The Balaban J connectivity index is 0.0000000972. The lowest BCUT2D eigenvalue weighted by molar-refractivity contribution is 0.378. The molecule has 0 N–H and O–H groups in total. The Bertz CT molecular complexity index is 7890. The van der Waals surface area contributed by atoms with Crippen LogP contribution in [0.15, 0.2) is 331 Å². The van der Waals surface area contributed by atoms with Crippen LogP contribution in [0.5, 0.6) is 0 Å². The van der Waals surface area contributed by atoms with E-state index in [1.165, 1.54) is 176 Å². The molecule has 22 nitrogen and oxygen atoms in total. The van der Waals surface area contributed by atoms with Crippen molar-refractivity contribution < 1.29 is 8.83 Å². The van der Waals surface area contributed by atoms with E-state index in [2.05, 4.69) is 545 Å². The van der Waals surface area contributed by atoms with Gasteiger partial charge in [0.2, 0.25) is 0 Å². The molecule has 0 saturated heterocycles. The third-order valence-corrected chi connectivity index (χ3v) is 35.2. The molecular formula is C127H136N20O2. The summed E-state index contributed by atoms with van der Waals surface area (Å²) in [6, 6.07) is 68.0. The van der Waals surface area contributed by atoms with Crippen LogP contribution in [0.2, 0.25) is 0 Å². The molecule has 11 aromatic carbocycles. The second-order valence-corrected chi connectivity index (χ2v) is 43.1. The fourth-order valence-electron chi connectivity index (χ4n) is 26.2. The number of nitrogens with zero attached hydrogens (tertiary/aromatic N) is 20. The van der Waals surface area contributed by atoms with Gasteiger partial charge >= 0.3 is 0 Å². The number of aryl methyl sites for hydroxylation is 2. The van der Waals surface area contributed by atoms with Crippen LogP contribution in [0.3, 0.4) is 0 Å². The van der Waals surface area contributed by atoms with E-state index in [1.54, 1.807) is 11.1 Å². The summed E-state index contributed by atoms with van der Waals surface area (Å²) in [6.07, 6.45) is 46.8. The number of rotatable bonds is 6. The first-order valence-corrected chi connectivity index (χ1v) is 53.3. The van der Waals surface area contributed by atoms with Crippen molar-refractivity contribution in [3.05, 3.63) is 372 Å². The second kappa shape index (κ2) is 35.6. The van der Waals surface area contributed by atoms with Crippen molar-refractivity contribution in [2.45, 2.75) is 191 Å². The molecule has 22 heteroatoms. The van der Waals surface area contributed by atoms with Gasteiger partial charge in [0.25, 0.3) is 0 Å². The summed E-state index contributed by atoms with van der Waals surface area (Å²) in [7, 11) is 17.3. The number of para-hydroxylation sites is 6. The fraction of sp³-hybridized carbons (Fsp3) is 0.291.